The summed E-state index contributed by atoms with van der Waals surface area (Å²) in [7, 11) is -3.76. The fourth-order valence-electron chi connectivity index (χ4n) is 2.38. The largest absolute Gasteiger partial charge is 0.450 e. The van der Waals surface area contributed by atoms with Crippen molar-refractivity contribution in [2.24, 2.45) is 0 Å². The second-order valence-electron chi connectivity index (χ2n) is 5.24. The van der Waals surface area contributed by atoms with Crippen LogP contribution in [0.15, 0.2) is 27.1 Å². The number of halogens is 1. The first-order chi connectivity index (χ1) is 10.4. The van der Waals surface area contributed by atoms with Crippen LogP contribution >= 0.6 is 15.9 Å². The number of hydrogen-bond acceptors (Lipinski definition) is 5. The van der Waals surface area contributed by atoms with Crippen LogP contribution in [-0.2, 0) is 14.8 Å². The highest BCUT2D eigenvalue weighted by Gasteiger charge is 2.32. The molecular weight excluding hydrogens is 374 g/mol. The summed E-state index contributed by atoms with van der Waals surface area (Å²) < 4.78 is 37.5. The number of hydrogen-bond donors (Lipinski definition) is 1. The van der Waals surface area contributed by atoms with Gasteiger partial charge in [-0.25, -0.2) is 13.1 Å². The second-order valence-corrected chi connectivity index (χ2v) is 8.05. The number of rotatable bonds is 3. The summed E-state index contributed by atoms with van der Waals surface area (Å²) >= 11 is 3.37. The van der Waals surface area contributed by atoms with E-state index in [0.29, 0.717) is 23.1 Å². The van der Waals surface area contributed by atoms with Gasteiger partial charge in [0, 0.05) is 12.0 Å². The number of amides is 1. The molecule has 1 amide bonds. The van der Waals surface area contributed by atoms with Crippen molar-refractivity contribution in [3.63, 3.8) is 0 Å². The zero-order chi connectivity index (χ0) is 15.9. The minimum Gasteiger partial charge on any atom is -0.450 e. The van der Waals surface area contributed by atoms with Gasteiger partial charge >= 0.3 is 0 Å². The third-order valence-corrected chi connectivity index (χ3v) is 5.81. The van der Waals surface area contributed by atoms with Crippen molar-refractivity contribution in [3.8, 4) is 0 Å². The maximum Gasteiger partial charge on any atom is 0.300 e. The lowest BCUT2D eigenvalue weighted by atomic mass is 10.2. The predicted octanol–water partition coefficient (Wildman–Crippen LogP) is 2.35. The van der Waals surface area contributed by atoms with Crippen LogP contribution in [0.2, 0.25) is 0 Å². The number of nitrogens with one attached hydrogen (secondary N) is 1. The second kappa shape index (κ2) is 5.68. The van der Waals surface area contributed by atoms with Gasteiger partial charge in [0.2, 0.25) is 10.0 Å². The van der Waals surface area contributed by atoms with Crippen LogP contribution in [0, 0.1) is 6.92 Å². The number of aryl methyl sites for hydroxylation is 1. The average molecular weight is 388 g/mol. The molecule has 6 nitrogen and oxygen atoms in total. The van der Waals surface area contributed by atoms with Crippen LogP contribution in [0.3, 0.4) is 0 Å². The molecule has 1 fully saturated rings. The summed E-state index contributed by atoms with van der Waals surface area (Å²) in [6.45, 7) is 2.41. The topological polar surface area (TPSA) is 85.6 Å². The molecule has 1 aliphatic rings. The van der Waals surface area contributed by atoms with Crippen molar-refractivity contribution in [1.29, 1.82) is 0 Å². The van der Waals surface area contributed by atoms with Gasteiger partial charge in [-0.05, 0) is 53.0 Å². The Morgan fingerprint density at radius 1 is 1.36 bits per heavy atom. The summed E-state index contributed by atoms with van der Waals surface area (Å²) in [6.07, 6.45) is 0.382. The summed E-state index contributed by atoms with van der Waals surface area (Å²) in [5.41, 5.74) is 1.51. The fourth-order valence-corrected chi connectivity index (χ4v) is 4.26. The highest BCUT2D eigenvalue weighted by molar-refractivity contribution is 9.10. The van der Waals surface area contributed by atoms with Gasteiger partial charge < -0.3 is 9.15 Å². The first kappa shape index (κ1) is 15.5. The van der Waals surface area contributed by atoms with Crippen molar-refractivity contribution in [2.45, 2.75) is 18.6 Å². The standard InChI is InChI=1S/C14H14BrNO5S/c1-8-4-9-6-12(21-13(9)11(15)5-8)14(17)16-22(18,19)10-2-3-20-7-10/h4-6,10H,2-3,7H2,1H3,(H,16,17). The highest BCUT2D eigenvalue weighted by atomic mass is 79.9. The van der Waals surface area contributed by atoms with E-state index in [0.717, 1.165) is 10.9 Å². The maximum atomic E-state index is 12.1. The molecule has 1 atom stereocenters. The molecule has 1 aliphatic heterocycles. The van der Waals surface area contributed by atoms with E-state index in [4.69, 9.17) is 9.15 Å². The summed E-state index contributed by atoms with van der Waals surface area (Å²) in [5.74, 6) is -0.809. The van der Waals surface area contributed by atoms with E-state index in [9.17, 15) is 13.2 Å². The number of ether oxygens (including phenoxy) is 1. The molecule has 2 heterocycles. The molecule has 1 aromatic carbocycles. The molecule has 1 unspecified atom stereocenters. The zero-order valence-electron chi connectivity index (χ0n) is 11.8. The Morgan fingerprint density at radius 3 is 2.82 bits per heavy atom. The monoisotopic (exact) mass is 387 g/mol. The van der Waals surface area contributed by atoms with Crippen LogP contribution in [0.4, 0.5) is 0 Å². The van der Waals surface area contributed by atoms with Crippen molar-refractivity contribution in [3.05, 3.63) is 34.0 Å². The van der Waals surface area contributed by atoms with E-state index >= 15 is 0 Å². The van der Waals surface area contributed by atoms with E-state index in [2.05, 4.69) is 20.7 Å². The minimum atomic E-state index is -3.76. The fraction of sp³-hybridized carbons (Fsp3) is 0.357. The number of sulfonamides is 1. The molecule has 0 aliphatic carbocycles. The Hall–Kier alpha value is -1.38. The molecule has 0 radical (unpaired) electrons. The first-order valence-corrected chi connectivity index (χ1v) is 9.04. The van der Waals surface area contributed by atoms with Crippen molar-refractivity contribution in [1.82, 2.24) is 4.72 Å². The minimum absolute atomic E-state index is 0.0382. The molecule has 3 rings (SSSR count). The van der Waals surface area contributed by atoms with Gasteiger partial charge in [0.1, 0.15) is 10.8 Å². The van der Waals surface area contributed by atoms with Gasteiger partial charge in [-0.2, -0.15) is 0 Å². The molecule has 8 heteroatoms. The molecule has 1 N–H and O–H groups in total. The molecular formula is C14H14BrNO5S. The molecule has 0 bridgehead atoms. The third kappa shape index (κ3) is 2.90. The Kier molecular flexibility index (Phi) is 4.00. The lowest BCUT2D eigenvalue weighted by Gasteiger charge is -2.09. The average Bonchev–Trinajstić information content (AvgIpc) is 3.07. The van der Waals surface area contributed by atoms with Crippen molar-refractivity contribution >= 4 is 42.8 Å². The molecule has 1 aromatic heterocycles. The Labute approximate surface area is 136 Å². The molecule has 118 valence electrons. The lowest BCUT2D eigenvalue weighted by molar-refractivity contribution is 0.0956. The van der Waals surface area contributed by atoms with Crippen LogP contribution in [0.25, 0.3) is 11.0 Å². The van der Waals surface area contributed by atoms with Crippen molar-refractivity contribution < 1.29 is 22.4 Å². The van der Waals surface area contributed by atoms with E-state index in [-0.39, 0.29) is 12.4 Å². The first-order valence-electron chi connectivity index (χ1n) is 6.70. The summed E-state index contributed by atoms with van der Waals surface area (Å²) in [5, 5.41) is 0.0356. The Balaban J connectivity index is 1.88. The Bertz CT molecular complexity index is 836. The zero-order valence-corrected chi connectivity index (χ0v) is 14.2. The molecule has 22 heavy (non-hydrogen) atoms. The SMILES string of the molecule is Cc1cc(Br)c2oc(C(=O)NS(=O)(=O)C3CCOC3)cc2c1. The predicted molar refractivity (Wildman–Crippen MR) is 84.3 cm³/mol. The number of carbonyl (C=O) groups excluding carboxylic acids is 1. The lowest BCUT2D eigenvalue weighted by Crippen LogP contribution is -2.38. The van der Waals surface area contributed by atoms with E-state index in [1.807, 2.05) is 19.1 Å². The van der Waals surface area contributed by atoms with Crippen LogP contribution in [-0.4, -0.2) is 32.8 Å². The molecule has 0 saturated carbocycles. The summed E-state index contributed by atoms with van der Waals surface area (Å²) in [4.78, 5) is 12.1. The summed E-state index contributed by atoms with van der Waals surface area (Å²) in [6, 6.07) is 5.25. The number of benzene rings is 1. The van der Waals surface area contributed by atoms with E-state index < -0.39 is 21.2 Å². The van der Waals surface area contributed by atoms with Gasteiger partial charge in [-0.1, -0.05) is 0 Å². The molecule has 0 spiro atoms. The Morgan fingerprint density at radius 2 is 2.14 bits per heavy atom. The smallest absolute Gasteiger partial charge is 0.300 e. The van der Waals surface area contributed by atoms with Gasteiger partial charge in [0.05, 0.1) is 11.1 Å². The van der Waals surface area contributed by atoms with Crippen LogP contribution in [0.1, 0.15) is 22.5 Å². The third-order valence-electron chi connectivity index (χ3n) is 3.50. The maximum absolute atomic E-state index is 12.1. The quantitative estimate of drug-likeness (QED) is 0.873. The molecule has 2 aromatic rings. The highest BCUT2D eigenvalue weighted by Crippen LogP contribution is 2.28. The normalized spacial score (nSPS) is 18.7. The van der Waals surface area contributed by atoms with Crippen LogP contribution in [0.5, 0.6) is 0 Å². The number of fused-ring (bicyclic) bond motifs is 1. The van der Waals surface area contributed by atoms with Gasteiger partial charge in [-0.15, -0.1) is 0 Å². The van der Waals surface area contributed by atoms with Crippen molar-refractivity contribution in [2.75, 3.05) is 13.2 Å². The molecule has 1 saturated heterocycles. The number of furan rings is 1. The van der Waals surface area contributed by atoms with Gasteiger partial charge in [0.25, 0.3) is 5.91 Å². The number of carbonyl (C=O) groups is 1. The van der Waals surface area contributed by atoms with Crippen LogP contribution < -0.4 is 4.72 Å². The van der Waals surface area contributed by atoms with Gasteiger partial charge in [0.15, 0.2) is 5.76 Å². The van der Waals surface area contributed by atoms with E-state index in [1.165, 1.54) is 6.07 Å². The van der Waals surface area contributed by atoms with E-state index in [1.54, 1.807) is 0 Å². The van der Waals surface area contributed by atoms with Gasteiger partial charge in [-0.3, -0.25) is 4.79 Å².